The minimum atomic E-state index is -4.39. The highest BCUT2D eigenvalue weighted by molar-refractivity contribution is 5.79. The lowest BCUT2D eigenvalue weighted by Gasteiger charge is -2.38. The largest absolute Gasteiger partial charge is 0.493 e. The van der Waals surface area contributed by atoms with Gasteiger partial charge >= 0.3 is 6.18 Å². The summed E-state index contributed by atoms with van der Waals surface area (Å²) >= 11 is 0. The van der Waals surface area contributed by atoms with E-state index >= 15 is 0 Å². The molecule has 33 heavy (non-hydrogen) atoms. The number of carbonyl (C=O) groups is 1. The van der Waals surface area contributed by atoms with Crippen molar-refractivity contribution in [3.63, 3.8) is 0 Å². The van der Waals surface area contributed by atoms with E-state index in [4.69, 9.17) is 4.74 Å². The molecule has 0 aliphatic carbocycles. The summed E-state index contributed by atoms with van der Waals surface area (Å²) in [6.45, 7) is 8.79. The molecule has 3 rings (SSSR count). The number of amides is 1. The molecule has 1 aromatic rings. The first-order valence-electron chi connectivity index (χ1n) is 12.1. The fourth-order valence-corrected chi connectivity index (χ4v) is 5.11. The average Bonchev–Trinajstić information content (AvgIpc) is 3.16. The summed E-state index contributed by atoms with van der Waals surface area (Å²) in [5.74, 6) is 0.716. The van der Waals surface area contributed by atoms with Gasteiger partial charge < -0.3 is 19.9 Å². The third-order valence-electron chi connectivity index (χ3n) is 6.70. The van der Waals surface area contributed by atoms with E-state index in [9.17, 15) is 18.0 Å². The van der Waals surface area contributed by atoms with Crippen LogP contribution in [-0.4, -0.2) is 68.1 Å². The number of likely N-dealkylation sites (tertiary alicyclic amines) is 2. The number of nitrogens with one attached hydrogen (secondary N) is 1. The molecule has 5 nitrogen and oxygen atoms in total. The molecule has 1 aromatic carbocycles. The smallest absolute Gasteiger partial charge is 0.416 e. The quantitative estimate of drug-likeness (QED) is 0.587. The molecule has 8 heteroatoms. The van der Waals surface area contributed by atoms with Crippen LogP contribution in [0.2, 0.25) is 0 Å². The summed E-state index contributed by atoms with van der Waals surface area (Å²) < 4.78 is 44.7. The van der Waals surface area contributed by atoms with Crippen LogP contribution >= 0.6 is 0 Å². The van der Waals surface area contributed by atoms with Gasteiger partial charge in [0.25, 0.3) is 0 Å². The first-order valence-corrected chi connectivity index (χ1v) is 12.1. The van der Waals surface area contributed by atoms with Crippen molar-refractivity contribution in [2.45, 2.75) is 51.7 Å². The second-order valence-electron chi connectivity index (χ2n) is 10.1. The van der Waals surface area contributed by atoms with Gasteiger partial charge in [0.15, 0.2) is 0 Å². The number of alkyl halides is 3. The Morgan fingerprint density at radius 2 is 2.06 bits per heavy atom. The van der Waals surface area contributed by atoms with E-state index < -0.39 is 11.7 Å². The molecule has 1 unspecified atom stereocenters. The Morgan fingerprint density at radius 1 is 1.27 bits per heavy atom. The summed E-state index contributed by atoms with van der Waals surface area (Å²) in [5.41, 5.74) is -0.713. The van der Waals surface area contributed by atoms with E-state index in [0.717, 1.165) is 38.2 Å². The van der Waals surface area contributed by atoms with Gasteiger partial charge in [-0.05, 0) is 63.4 Å². The van der Waals surface area contributed by atoms with Crippen LogP contribution in [-0.2, 0) is 11.0 Å². The summed E-state index contributed by atoms with van der Waals surface area (Å²) in [6, 6.07) is 5.54. The van der Waals surface area contributed by atoms with E-state index in [0.29, 0.717) is 38.1 Å². The number of nitrogens with zero attached hydrogens (tertiary/aromatic N) is 2. The third kappa shape index (κ3) is 7.88. The number of carbonyl (C=O) groups excluding carboxylic acids is 1. The second kappa shape index (κ2) is 11.6. The average molecular weight is 470 g/mol. The molecule has 3 atom stereocenters. The van der Waals surface area contributed by atoms with Crippen molar-refractivity contribution in [2.75, 3.05) is 46.4 Å². The molecule has 2 saturated heterocycles. The highest BCUT2D eigenvalue weighted by Crippen LogP contribution is 2.32. The van der Waals surface area contributed by atoms with E-state index in [2.05, 4.69) is 36.0 Å². The van der Waals surface area contributed by atoms with Gasteiger partial charge in [0.1, 0.15) is 5.75 Å². The van der Waals surface area contributed by atoms with Gasteiger partial charge in [0, 0.05) is 38.1 Å². The first-order chi connectivity index (χ1) is 15.6. The zero-order valence-corrected chi connectivity index (χ0v) is 20.0. The topological polar surface area (TPSA) is 44.8 Å². The molecule has 0 saturated carbocycles. The van der Waals surface area contributed by atoms with Crippen LogP contribution in [0.3, 0.4) is 0 Å². The van der Waals surface area contributed by atoms with Crippen LogP contribution in [0.15, 0.2) is 24.3 Å². The molecule has 186 valence electrons. The number of piperidine rings is 1. The lowest BCUT2D eigenvalue weighted by molar-refractivity contribution is -0.137. The Bertz CT molecular complexity index is 772. The molecule has 2 heterocycles. The van der Waals surface area contributed by atoms with E-state index in [1.165, 1.54) is 18.9 Å². The molecular weight excluding hydrogens is 431 g/mol. The Hall–Kier alpha value is -1.80. The van der Waals surface area contributed by atoms with Gasteiger partial charge in [-0.25, -0.2) is 0 Å². The fourth-order valence-electron chi connectivity index (χ4n) is 5.11. The summed E-state index contributed by atoms with van der Waals surface area (Å²) in [5, 5.41) is 3.13. The second-order valence-corrected chi connectivity index (χ2v) is 10.1. The van der Waals surface area contributed by atoms with Crippen LogP contribution in [0.4, 0.5) is 13.2 Å². The van der Waals surface area contributed by atoms with Crippen molar-refractivity contribution in [1.29, 1.82) is 0 Å². The molecule has 0 spiro atoms. The minimum absolute atomic E-state index is 0.0770. The van der Waals surface area contributed by atoms with Crippen molar-refractivity contribution in [2.24, 2.45) is 17.8 Å². The molecule has 1 N–H and O–H groups in total. The predicted molar refractivity (Wildman–Crippen MR) is 123 cm³/mol. The number of halogens is 3. The van der Waals surface area contributed by atoms with E-state index in [-0.39, 0.29) is 23.5 Å². The lowest BCUT2D eigenvalue weighted by atomic mass is 9.88. The van der Waals surface area contributed by atoms with E-state index in [1.54, 1.807) is 6.07 Å². The molecular formula is C25H38F3N3O2. The number of hydrogen-bond acceptors (Lipinski definition) is 4. The number of benzene rings is 1. The molecule has 2 aliphatic heterocycles. The van der Waals surface area contributed by atoms with Crippen molar-refractivity contribution >= 4 is 5.91 Å². The zero-order valence-electron chi connectivity index (χ0n) is 20.0. The molecule has 0 radical (unpaired) electrons. The first kappa shape index (κ1) is 25.8. The Morgan fingerprint density at radius 3 is 2.73 bits per heavy atom. The van der Waals surface area contributed by atoms with Crippen molar-refractivity contribution in [3.05, 3.63) is 29.8 Å². The van der Waals surface area contributed by atoms with Gasteiger partial charge in [0.05, 0.1) is 18.1 Å². The summed E-state index contributed by atoms with van der Waals surface area (Å²) in [4.78, 5) is 17.6. The molecule has 0 bridgehead atoms. The maximum atomic E-state index is 13.0. The molecule has 2 aliphatic rings. The van der Waals surface area contributed by atoms with Crippen LogP contribution in [0.25, 0.3) is 0 Å². The number of hydrogen-bond donors (Lipinski definition) is 1. The van der Waals surface area contributed by atoms with Gasteiger partial charge in [-0.1, -0.05) is 19.9 Å². The number of rotatable bonds is 9. The van der Waals surface area contributed by atoms with Crippen LogP contribution in [0.1, 0.15) is 45.1 Å². The fraction of sp³-hybridized carbons (Fsp3) is 0.720. The maximum absolute atomic E-state index is 13.0. The highest BCUT2D eigenvalue weighted by atomic mass is 19.4. The summed E-state index contributed by atoms with van der Waals surface area (Å²) in [7, 11) is 2.14. The minimum Gasteiger partial charge on any atom is -0.493 e. The van der Waals surface area contributed by atoms with Gasteiger partial charge in [0.2, 0.25) is 5.91 Å². The highest BCUT2D eigenvalue weighted by Gasteiger charge is 2.33. The van der Waals surface area contributed by atoms with Crippen LogP contribution in [0.5, 0.6) is 5.75 Å². The summed E-state index contributed by atoms with van der Waals surface area (Å²) in [6.07, 6.45) is -0.341. The van der Waals surface area contributed by atoms with Crippen LogP contribution in [0, 0.1) is 17.8 Å². The SMILES string of the molecule is CC(C)CN1C[C@@H](COc2cccc(C(F)(F)F)c2)C[C@@H](C(=O)NCCC2CCCN2C)C1. The maximum Gasteiger partial charge on any atom is 0.416 e. The molecule has 1 amide bonds. The molecule has 0 aromatic heterocycles. The standard InChI is InChI=1S/C25H38F3N3O2/c1-18(2)14-31-15-19(17-33-23-8-4-6-21(13-23)25(26,27)28)12-20(16-31)24(32)29-10-9-22-7-5-11-30(22)3/h4,6,8,13,18-20,22H,5,7,9-12,14-17H2,1-3H3,(H,29,32)/t19-,20+,22?/m0/s1. The Kier molecular flexibility index (Phi) is 9.04. The number of ether oxygens (including phenoxy) is 1. The zero-order chi connectivity index (χ0) is 24.0. The predicted octanol–water partition coefficient (Wildman–Crippen LogP) is 4.28. The van der Waals surface area contributed by atoms with Crippen molar-refractivity contribution in [1.82, 2.24) is 15.1 Å². The monoisotopic (exact) mass is 469 g/mol. The van der Waals surface area contributed by atoms with Crippen LogP contribution < -0.4 is 10.1 Å². The van der Waals surface area contributed by atoms with E-state index in [1.807, 2.05) is 0 Å². The molecule has 2 fully saturated rings. The van der Waals surface area contributed by atoms with Crippen molar-refractivity contribution < 1.29 is 22.7 Å². The van der Waals surface area contributed by atoms with Gasteiger partial charge in [-0.15, -0.1) is 0 Å². The van der Waals surface area contributed by atoms with Crippen molar-refractivity contribution in [3.8, 4) is 5.75 Å². The Balaban J connectivity index is 1.55. The van der Waals surface area contributed by atoms with Gasteiger partial charge in [-0.2, -0.15) is 13.2 Å². The normalized spacial score (nSPS) is 24.9. The lowest BCUT2D eigenvalue weighted by Crippen LogP contribution is -2.49. The third-order valence-corrected chi connectivity index (χ3v) is 6.70. The Labute approximate surface area is 195 Å². The van der Waals surface area contributed by atoms with Gasteiger partial charge in [-0.3, -0.25) is 4.79 Å².